The average molecular weight is 433 g/mol. The third-order valence-electron chi connectivity index (χ3n) is 6.05. The first kappa shape index (κ1) is 21.7. The Balaban J connectivity index is 1.99. The van der Waals surface area contributed by atoms with Crippen molar-refractivity contribution in [2.24, 2.45) is 5.73 Å². The van der Waals surface area contributed by atoms with Crippen molar-refractivity contribution in [1.82, 2.24) is 4.98 Å². The topological polar surface area (TPSA) is 101 Å². The van der Waals surface area contributed by atoms with Crippen LogP contribution < -0.4 is 10.6 Å². The number of benzene rings is 1. The minimum absolute atomic E-state index is 0.0111. The lowest BCUT2D eigenvalue weighted by Crippen LogP contribution is -2.33. The summed E-state index contributed by atoms with van der Waals surface area (Å²) < 4.78 is 10.9. The molecule has 2 aromatic rings. The average Bonchev–Trinajstić information content (AvgIpc) is 2.78. The van der Waals surface area contributed by atoms with Gasteiger partial charge in [-0.3, -0.25) is 0 Å². The number of nitrogens with zero attached hydrogens (tertiary/aromatic N) is 3. The number of esters is 1. The number of nitrogens with two attached hydrogens (primary N) is 1. The number of fused-ring (bicyclic) bond motifs is 1. The summed E-state index contributed by atoms with van der Waals surface area (Å²) in [5.74, 6) is -0.0784. The molecule has 1 fully saturated rings. The first-order chi connectivity index (χ1) is 15.4. The van der Waals surface area contributed by atoms with Crippen molar-refractivity contribution in [2.75, 3.05) is 24.6 Å². The Kier molecular flexibility index (Phi) is 6.04. The molecule has 2 aliphatic heterocycles. The van der Waals surface area contributed by atoms with Crippen molar-refractivity contribution >= 4 is 22.7 Å². The highest BCUT2D eigenvalue weighted by Gasteiger charge is 2.39. The number of aryl methyl sites for hydroxylation is 1. The lowest BCUT2D eigenvalue weighted by atomic mass is 9.82. The predicted octanol–water partition coefficient (Wildman–Crippen LogP) is 4.18. The normalized spacial score (nSPS) is 19.1. The summed E-state index contributed by atoms with van der Waals surface area (Å²) in [6.45, 7) is 7.43. The van der Waals surface area contributed by atoms with Crippen molar-refractivity contribution in [3.8, 4) is 6.07 Å². The Labute approximate surface area is 188 Å². The standard InChI is InChI=1S/C25H28N4O3/c1-4-31-25(30)21-16(3)32-23(27)19(14-26)22(21)18-13-17-12-15(2)8-9-20(17)28-24(18)29-10-6-5-7-11-29/h8-9,12-13,22H,4-7,10-11,27H2,1-3H3/t22-/m0/s1. The fourth-order valence-electron chi connectivity index (χ4n) is 4.54. The molecule has 4 rings (SSSR count). The van der Waals surface area contributed by atoms with Crippen molar-refractivity contribution < 1.29 is 14.3 Å². The molecule has 0 aliphatic carbocycles. The van der Waals surface area contributed by atoms with Gasteiger partial charge in [-0.1, -0.05) is 11.6 Å². The van der Waals surface area contributed by atoms with Crippen LogP contribution in [0.4, 0.5) is 5.82 Å². The van der Waals surface area contributed by atoms with Crippen LogP contribution >= 0.6 is 0 Å². The van der Waals surface area contributed by atoms with Crippen molar-refractivity contribution in [1.29, 1.82) is 5.26 Å². The van der Waals surface area contributed by atoms with Crippen LogP contribution in [0, 0.1) is 18.3 Å². The number of hydrogen-bond acceptors (Lipinski definition) is 7. The molecule has 1 aromatic carbocycles. The van der Waals surface area contributed by atoms with E-state index >= 15 is 0 Å². The summed E-state index contributed by atoms with van der Waals surface area (Å²) in [7, 11) is 0. The maximum absolute atomic E-state index is 13.0. The van der Waals surface area contributed by atoms with Crippen LogP contribution in [0.1, 0.15) is 50.2 Å². The first-order valence-electron chi connectivity index (χ1n) is 11.1. The molecule has 0 spiro atoms. The fraction of sp³-hybridized carbons (Fsp3) is 0.400. The second kappa shape index (κ2) is 8.91. The van der Waals surface area contributed by atoms with Crippen LogP contribution in [0.5, 0.6) is 0 Å². The molecular weight excluding hydrogens is 404 g/mol. The van der Waals surface area contributed by atoms with Gasteiger partial charge in [-0.05, 0) is 58.2 Å². The molecule has 32 heavy (non-hydrogen) atoms. The molecule has 7 heteroatoms. The van der Waals surface area contributed by atoms with Crippen molar-refractivity contribution in [2.45, 2.75) is 46.0 Å². The van der Waals surface area contributed by atoms with Gasteiger partial charge in [0.25, 0.3) is 0 Å². The summed E-state index contributed by atoms with van der Waals surface area (Å²) >= 11 is 0. The van der Waals surface area contributed by atoms with Gasteiger partial charge in [0.1, 0.15) is 23.2 Å². The molecule has 2 aliphatic rings. The molecule has 1 atom stereocenters. The van der Waals surface area contributed by atoms with Crippen LogP contribution in [-0.2, 0) is 14.3 Å². The lowest BCUT2D eigenvalue weighted by molar-refractivity contribution is -0.139. The molecule has 3 heterocycles. The lowest BCUT2D eigenvalue weighted by Gasteiger charge is -2.33. The van der Waals surface area contributed by atoms with E-state index in [1.165, 1.54) is 6.42 Å². The SMILES string of the molecule is CCOC(=O)C1=C(C)OC(N)=C(C#N)[C@@H]1c1cc2cc(C)ccc2nc1N1CCCCC1. The number of anilines is 1. The Morgan fingerprint density at radius 2 is 2.03 bits per heavy atom. The van der Waals surface area contributed by atoms with E-state index in [0.717, 1.165) is 53.8 Å². The largest absolute Gasteiger partial charge is 0.463 e. The summed E-state index contributed by atoms with van der Waals surface area (Å²) in [6, 6.07) is 10.3. The number of hydrogen-bond donors (Lipinski definition) is 1. The van der Waals surface area contributed by atoms with Gasteiger partial charge in [-0.15, -0.1) is 0 Å². The summed E-state index contributed by atoms with van der Waals surface area (Å²) in [4.78, 5) is 20.3. The zero-order valence-electron chi connectivity index (χ0n) is 18.8. The van der Waals surface area contributed by atoms with Gasteiger partial charge >= 0.3 is 5.97 Å². The number of allylic oxidation sites excluding steroid dienone is 2. The fourth-order valence-corrected chi connectivity index (χ4v) is 4.54. The zero-order valence-corrected chi connectivity index (χ0v) is 18.8. The van der Waals surface area contributed by atoms with Crippen LogP contribution in [0.2, 0.25) is 0 Å². The molecule has 0 amide bonds. The zero-order chi connectivity index (χ0) is 22.8. The maximum atomic E-state index is 13.0. The number of aromatic nitrogens is 1. The van der Waals surface area contributed by atoms with Gasteiger partial charge in [-0.25, -0.2) is 9.78 Å². The number of rotatable bonds is 4. The highest BCUT2D eigenvalue weighted by molar-refractivity contribution is 5.94. The van der Waals surface area contributed by atoms with E-state index in [-0.39, 0.29) is 18.1 Å². The predicted molar refractivity (Wildman–Crippen MR) is 123 cm³/mol. The number of ether oxygens (including phenoxy) is 2. The Bertz CT molecular complexity index is 1170. The summed E-state index contributed by atoms with van der Waals surface area (Å²) in [6.07, 6.45) is 3.33. The number of pyridine rings is 1. The highest BCUT2D eigenvalue weighted by atomic mass is 16.5. The van der Waals surface area contributed by atoms with Crippen molar-refractivity contribution in [3.05, 3.63) is 58.2 Å². The Morgan fingerprint density at radius 1 is 1.28 bits per heavy atom. The van der Waals surface area contributed by atoms with Crippen LogP contribution in [0.25, 0.3) is 10.9 Å². The smallest absolute Gasteiger partial charge is 0.338 e. The van der Waals surface area contributed by atoms with Gasteiger partial charge in [0.2, 0.25) is 5.88 Å². The van der Waals surface area contributed by atoms with E-state index < -0.39 is 11.9 Å². The Morgan fingerprint density at radius 3 is 2.72 bits per heavy atom. The van der Waals surface area contributed by atoms with Gasteiger partial charge in [0.15, 0.2) is 0 Å². The maximum Gasteiger partial charge on any atom is 0.338 e. The van der Waals surface area contributed by atoms with Gasteiger partial charge in [0, 0.05) is 24.0 Å². The van der Waals surface area contributed by atoms with E-state index in [4.69, 9.17) is 20.2 Å². The third kappa shape index (κ3) is 3.89. The number of piperidine rings is 1. The monoisotopic (exact) mass is 432 g/mol. The van der Waals surface area contributed by atoms with Crippen LogP contribution in [-0.4, -0.2) is 30.6 Å². The third-order valence-corrected chi connectivity index (χ3v) is 6.05. The molecule has 1 aromatic heterocycles. The minimum Gasteiger partial charge on any atom is -0.463 e. The van der Waals surface area contributed by atoms with Gasteiger partial charge < -0.3 is 20.1 Å². The molecular formula is C25H28N4O3. The summed E-state index contributed by atoms with van der Waals surface area (Å²) in [5, 5.41) is 10.9. The molecule has 1 saturated heterocycles. The molecule has 166 valence electrons. The first-order valence-corrected chi connectivity index (χ1v) is 11.1. The van der Waals surface area contributed by atoms with Crippen LogP contribution in [0.3, 0.4) is 0 Å². The van der Waals surface area contributed by atoms with E-state index in [9.17, 15) is 10.1 Å². The van der Waals surface area contributed by atoms with E-state index in [2.05, 4.69) is 17.0 Å². The van der Waals surface area contributed by atoms with E-state index in [0.29, 0.717) is 11.3 Å². The molecule has 0 unspecified atom stereocenters. The van der Waals surface area contributed by atoms with Gasteiger partial charge in [0.05, 0.1) is 23.6 Å². The second-order valence-electron chi connectivity index (χ2n) is 8.26. The molecule has 0 radical (unpaired) electrons. The molecule has 7 nitrogen and oxygen atoms in total. The van der Waals surface area contributed by atoms with E-state index in [1.807, 2.05) is 25.1 Å². The minimum atomic E-state index is -0.706. The second-order valence-corrected chi connectivity index (χ2v) is 8.26. The van der Waals surface area contributed by atoms with Gasteiger partial charge in [-0.2, -0.15) is 5.26 Å². The molecule has 0 saturated carbocycles. The molecule has 0 bridgehead atoms. The highest BCUT2D eigenvalue weighted by Crippen LogP contribution is 2.44. The van der Waals surface area contributed by atoms with Crippen molar-refractivity contribution in [3.63, 3.8) is 0 Å². The molecule has 2 N–H and O–H groups in total. The van der Waals surface area contributed by atoms with E-state index in [1.54, 1.807) is 13.8 Å². The number of carbonyl (C=O) groups is 1. The van der Waals surface area contributed by atoms with Crippen LogP contribution in [0.15, 0.2) is 47.1 Å². The Hall–Kier alpha value is -3.53. The number of nitriles is 1. The number of carbonyl (C=O) groups excluding carboxylic acids is 1. The summed E-state index contributed by atoms with van der Waals surface area (Å²) in [5.41, 5.74) is 9.38. The quantitative estimate of drug-likeness (QED) is 0.723.